The van der Waals surface area contributed by atoms with Crippen LogP contribution < -0.4 is 14.8 Å². The minimum Gasteiger partial charge on any atom is -0.490 e. The number of piperidine rings is 1. The van der Waals surface area contributed by atoms with Crippen molar-refractivity contribution >= 4 is 0 Å². The van der Waals surface area contributed by atoms with Crippen molar-refractivity contribution in [2.24, 2.45) is 5.92 Å². The van der Waals surface area contributed by atoms with Gasteiger partial charge in [0.1, 0.15) is 0 Å². The number of nitrogens with zero attached hydrogens (tertiary/aromatic N) is 1. The number of nitrogens with one attached hydrogen (secondary N) is 1. The number of halogens is 2. The van der Waals surface area contributed by atoms with Crippen LogP contribution in [-0.2, 0) is 6.54 Å². The van der Waals surface area contributed by atoms with Crippen LogP contribution in [0.25, 0.3) is 0 Å². The normalized spacial score (nSPS) is 18.4. The predicted octanol–water partition coefficient (Wildman–Crippen LogP) is 3.12. The van der Waals surface area contributed by atoms with Gasteiger partial charge in [0.15, 0.2) is 11.5 Å². The summed E-state index contributed by atoms with van der Waals surface area (Å²) in [7, 11) is 2.08. The smallest absolute Gasteiger partial charge is 0.387 e. The molecule has 1 saturated heterocycles. The molecular formula is C17H26F2N2O2. The first-order valence-corrected chi connectivity index (χ1v) is 8.18. The average molecular weight is 328 g/mol. The van der Waals surface area contributed by atoms with Crippen LogP contribution in [0, 0.1) is 5.92 Å². The maximum Gasteiger partial charge on any atom is 0.387 e. The molecule has 0 aliphatic carbocycles. The molecule has 6 heteroatoms. The molecule has 0 aromatic heterocycles. The van der Waals surface area contributed by atoms with Gasteiger partial charge in [-0.1, -0.05) is 6.07 Å². The summed E-state index contributed by atoms with van der Waals surface area (Å²) < 4.78 is 34.8. The second-order valence-electron chi connectivity index (χ2n) is 6.00. The Morgan fingerprint density at radius 3 is 2.83 bits per heavy atom. The van der Waals surface area contributed by atoms with E-state index in [1.807, 2.05) is 13.0 Å². The van der Waals surface area contributed by atoms with E-state index in [0.29, 0.717) is 18.3 Å². The minimum atomic E-state index is -2.85. The topological polar surface area (TPSA) is 33.7 Å². The molecule has 1 aromatic carbocycles. The van der Waals surface area contributed by atoms with E-state index in [1.165, 1.54) is 12.8 Å². The maximum absolute atomic E-state index is 12.4. The fourth-order valence-corrected chi connectivity index (χ4v) is 3.01. The second kappa shape index (κ2) is 9.03. The molecule has 0 bridgehead atoms. The predicted molar refractivity (Wildman–Crippen MR) is 86.2 cm³/mol. The molecule has 130 valence electrons. The fourth-order valence-electron chi connectivity index (χ4n) is 3.01. The van der Waals surface area contributed by atoms with Crippen LogP contribution >= 0.6 is 0 Å². The summed E-state index contributed by atoms with van der Waals surface area (Å²) in [5, 5.41) is 3.42. The molecule has 0 amide bonds. The summed E-state index contributed by atoms with van der Waals surface area (Å²) in [5.41, 5.74) is 1.03. The molecule has 1 aromatic rings. The third-order valence-corrected chi connectivity index (χ3v) is 3.95. The monoisotopic (exact) mass is 328 g/mol. The number of rotatable bonds is 8. The first kappa shape index (κ1) is 17.9. The Kier molecular flexibility index (Phi) is 7.05. The van der Waals surface area contributed by atoms with E-state index >= 15 is 0 Å². The molecule has 1 aliphatic rings. The van der Waals surface area contributed by atoms with Crippen molar-refractivity contribution < 1.29 is 18.3 Å². The van der Waals surface area contributed by atoms with Gasteiger partial charge in [0.2, 0.25) is 0 Å². The Labute approximate surface area is 136 Å². The Balaban J connectivity index is 1.96. The highest BCUT2D eigenvalue weighted by molar-refractivity contribution is 5.43. The quantitative estimate of drug-likeness (QED) is 0.795. The van der Waals surface area contributed by atoms with E-state index in [1.54, 1.807) is 12.1 Å². The van der Waals surface area contributed by atoms with Crippen molar-refractivity contribution in [3.63, 3.8) is 0 Å². The van der Waals surface area contributed by atoms with E-state index in [9.17, 15) is 8.78 Å². The highest BCUT2D eigenvalue weighted by atomic mass is 19.3. The van der Waals surface area contributed by atoms with Crippen molar-refractivity contribution in [2.75, 3.05) is 33.3 Å². The molecule has 0 radical (unpaired) electrons. The highest BCUT2D eigenvalue weighted by Crippen LogP contribution is 2.30. The second-order valence-corrected chi connectivity index (χ2v) is 6.00. The summed E-state index contributed by atoms with van der Waals surface area (Å²) in [5.74, 6) is 1.13. The van der Waals surface area contributed by atoms with Crippen molar-refractivity contribution in [2.45, 2.75) is 32.9 Å². The lowest BCUT2D eigenvalue weighted by molar-refractivity contribution is -0.0514. The molecule has 1 fully saturated rings. The fraction of sp³-hybridized carbons (Fsp3) is 0.647. The lowest BCUT2D eigenvalue weighted by atomic mass is 9.99. The van der Waals surface area contributed by atoms with Crippen LogP contribution in [0.2, 0.25) is 0 Å². The largest absolute Gasteiger partial charge is 0.490 e. The van der Waals surface area contributed by atoms with E-state index in [-0.39, 0.29) is 5.75 Å². The molecule has 1 heterocycles. The Hall–Kier alpha value is -1.40. The molecule has 1 aliphatic heterocycles. The summed E-state index contributed by atoms with van der Waals surface area (Å²) in [6.07, 6.45) is 2.48. The van der Waals surface area contributed by atoms with Crippen LogP contribution in [0.15, 0.2) is 18.2 Å². The van der Waals surface area contributed by atoms with Gasteiger partial charge < -0.3 is 19.7 Å². The zero-order valence-electron chi connectivity index (χ0n) is 13.9. The molecule has 1 N–H and O–H groups in total. The highest BCUT2D eigenvalue weighted by Gasteiger charge is 2.16. The number of alkyl halides is 2. The Bertz CT molecular complexity index is 480. The molecule has 23 heavy (non-hydrogen) atoms. The van der Waals surface area contributed by atoms with Gasteiger partial charge in [0, 0.05) is 13.1 Å². The minimum absolute atomic E-state index is 0.0877. The summed E-state index contributed by atoms with van der Waals surface area (Å²) >= 11 is 0. The first-order valence-electron chi connectivity index (χ1n) is 8.18. The molecule has 0 saturated carbocycles. The molecule has 0 spiro atoms. The Morgan fingerprint density at radius 1 is 1.35 bits per heavy atom. The number of ether oxygens (including phenoxy) is 2. The third kappa shape index (κ3) is 5.95. The lowest BCUT2D eigenvalue weighted by Gasteiger charge is -2.27. The van der Waals surface area contributed by atoms with Crippen molar-refractivity contribution in [3.8, 4) is 11.5 Å². The van der Waals surface area contributed by atoms with Crippen LogP contribution in [-0.4, -0.2) is 44.8 Å². The van der Waals surface area contributed by atoms with Gasteiger partial charge >= 0.3 is 6.61 Å². The van der Waals surface area contributed by atoms with Gasteiger partial charge in [0.05, 0.1) is 6.61 Å². The van der Waals surface area contributed by atoms with Gasteiger partial charge in [-0.3, -0.25) is 0 Å². The van der Waals surface area contributed by atoms with Gasteiger partial charge in [0.25, 0.3) is 0 Å². The van der Waals surface area contributed by atoms with Gasteiger partial charge in [-0.05, 0) is 63.5 Å². The van der Waals surface area contributed by atoms with Crippen molar-refractivity contribution in [1.29, 1.82) is 0 Å². The SMILES string of the molecule is CCOc1cc(CN(C)CC2CCCNC2)ccc1OC(F)F. The summed E-state index contributed by atoms with van der Waals surface area (Å²) in [6.45, 7) is 3.34. The van der Waals surface area contributed by atoms with Crippen molar-refractivity contribution in [1.82, 2.24) is 10.2 Å². The molecule has 1 unspecified atom stereocenters. The number of hydrogen-bond acceptors (Lipinski definition) is 4. The Morgan fingerprint density at radius 2 is 2.17 bits per heavy atom. The van der Waals surface area contributed by atoms with E-state index in [2.05, 4.69) is 22.0 Å². The van der Waals surface area contributed by atoms with Crippen LogP contribution in [0.1, 0.15) is 25.3 Å². The third-order valence-electron chi connectivity index (χ3n) is 3.95. The van der Waals surface area contributed by atoms with Crippen molar-refractivity contribution in [3.05, 3.63) is 23.8 Å². The summed E-state index contributed by atoms with van der Waals surface area (Å²) in [4.78, 5) is 2.26. The van der Waals surface area contributed by atoms with E-state index in [4.69, 9.17) is 4.74 Å². The van der Waals surface area contributed by atoms with Crippen LogP contribution in [0.3, 0.4) is 0 Å². The zero-order chi connectivity index (χ0) is 16.7. The van der Waals surface area contributed by atoms with E-state index < -0.39 is 6.61 Å². The molecular weight excluding hydrogens is 302 g/mol. The lowest BCUT2D eigenvalue weighted by Crippen LogP contribution is -2.36. The maximum atomic E-state index is 12.4. The van der Waals surface area contributed by atoms with Gasteiger partial charge in [-0.2, -0.15) is 8.78 Å². The van der Waals surface area contributed by atoms with Gasteiger partial charge in [-0.25, -0.2) is 0 Å². The van der Waals surface area contributed by atoms with Crippen LogP contribution in [0.5, 0.6) is 11.5 Å². The first-order chi connectivity index (χ1) is 11.1. The number of benzene rings is 1. The summed E-state index contributed by atoms with van der Waals surface area (Å²) in [6, 6.07) is 5.16. The van der Waals surface area contributed by atoms with Crippen LogP contribution in [0.4, 0.5) is 8.78 Å². The molecule has 2 rings (SSSR count). The van der Waals surface area contributed by atoms with Gasteiger partial charge in [-0.15, -0.1) is 0 Å². The standard InChI is InChI=1S/C17H26F2N2O2/c1-3-22-16-9-13(6-7-15(16)23-17(18)19)11-21(2)12-14-5-4-8-20-10-14/h6-7,9,14,17,20H,3-5,8,10-12H2,1-2H3. The molecule has 4 nitrogen and oxygen atoms in total. The average Bonchev–Trinajstić information content (AvgIpc) is 2.50. The number of hydrogen-bond donors (Lipinski definition) is 1. The zero-order valence-corrected chi connectivity index (χ0v) is 13.9. The molecule has 1 atom stereocenters. The van der Waals surface area contributed by atoms with E-state index in [0.717, 1.165) is 31.7 Å².